The Labute approximate surface area is 105 Å². The van der Waals surface area contributed by atoms with Crippen molar-refractivity contribution in [3.05, 3.63) is 24.3 Å². The summed E-state index contributed by atoms with van der Waals surface area (Å²) < 4.78 is 9.92. The number of rotatable bonds is 3. The molecule has 0 saturated carbocycles. The minimum absolute atomic E-state index is 0.643. The molecule has 3 nitrogen and oxygen atoms in total. The van der Waals surface area contributed by atoms with Gasteiger partial charge in [-0.2, -0.15) is 4.37 Å². The Kier molecular flexibility index (Phi) is 3.25. The molecular formula is C13H16N2OS. The second-order valence-corrected chi connectivity index (χ2v) is 5.27. The molecule has 1 fully saturated rings. The maximum absolute atomic E-state index is 5.49. The zero-order valence-corrected chi connectivity index (χ0v) is 10.5. The van der Waals surface area contributed by atoms with Crippen molar-refractivity contribution >= 4 is 27.4 Å². The Morgan fingerprint density at radius 1 is 1.41 bits per heavy atom. The molecule has 1 aliphatic rings. The largest absolute Gasteiger partial charge is 0.381 e. The number of benzene rings is 1. The van der Waals surface area contributed by atoms with E-state index in [0.717, 1.165) is 25.3 Å². The van der Waals surface area contributed by atoms with Gasteiger partial charge in [-0.05, 0) is 42.4 Å². The highest BCUT2D eigenvalue weighted by Crippen LogP contribution is 2.27. The number of fused-ring (bicyclic) bond motifs is 1. The summed E-state index contributed by atoms with van der Waals surface area (Å²) in [5, 5.41) is 5.93. The van der Waals surface area contributed by atoms with Crippen LogP contribution in [0, 0.1) is 5.92 Å². The molecule has 1 unspecified atom stereocenters. The van der Waals surface area contributed by atoms with Gasteiger partial charge < -0.3 is 10.1 Å². The highest BCUT2D eigenvalue weighted by atomic mass is 32.1. The minimum Gasteiger partial charge on any atom is -0.381 e. The second-order valence-electron chi connectivity index (χ2n) is 4.49. The number of ether oxygens (including phenoxy) is 1. The summed E-state index contributed by atoms with van der Waals surface area (Å²) >= 11 is 1.55. The van der Waals surface area contributed by atoms with Gasteiger partial charge in [0, 0.05) is 18.5 Å². The van der Waals surface area contributed by atoms with Crippen LogP contribution >= 0.6 is 11.5 Å². The van der Waals surface area contributed by atoms with Crippen LogP contribution in [0.4, 0.5) is 5.00 Å². The molecule has 0 spiro atoms. The van der Waals surface area contributed by atoms with E-state index in [-0.39, 0.29) is 0 Å². The summed E-state index contributed by atoms with van der Waals surface area (Å²) in [6.45, 7) is 2.82. The first-order valence-electron chi connectivity index (χ1n) is 6.09. The van der Waals surface area contributed by atoms with Crippen LogP contribution in [0.1, 0.15) is 12.8 Å². The van der Waals surface area contributed by atoms with Crippen LogP contribution in [0.3, 0.4) is 0 Å². The van der Waals surface area contributed by atoms with Gasteiger partial charge in [0.25, 0.3) is 0 Å². The molecule has 2 aromatic rings. The van der Waals surface area contributed by atoms with E-state index in [0.29, 0.717) is 5.92 Å². The monoisotopic (exact) mass is 248 g/mol. The lowest BCUT2D eigenvalue weighted by Gasteiger charge is -2.22. The first kappa shape index (κ1) is 11.0. The molecular weight excluding hydrogens is 232 g/mol. The van der Waals surface area contributed by atoms with Gasteiger partial charge in [0.1, 0.15) is 5.00 Å². The molecule has 17 heavy (non-hydrogen) atoms. The Balaban J connectivity index is 1.68. The number of nitrogens with zero attached hydrogens (tertiary/aromatic N) is 1. The predicted molar refractivity (Wildman–Crippen MR) is 71.7 cm³/mol. The molecule has 3 rings (SSSR count). The summed E-state index contributed by atoms with van der Waals surface area (Å²) in [5.41, 5.74) is 1.08. The van der Waals surface area contributed by atoms with E-state index >= 15 is 0 Å². The third-order valence-corrected chi connectivity index (χ3v) is 4.02. The van der Waals surface area contributed by atoms with E-state index in [1.165, 1.54) is 23.2 Å². The fraction of sp³-hybridized carbons (Fsp3) is 0.462. The molecule has 1 aliphatic heterocycles. The highest BCUT2D eigenvalue weighted by Gasteiger charge is 2.14. The number of hydrogen-bond acceptors (Lipinski definition) is 4. The lowest BCUT2D eigenvalue weighted by Crippen LogP contribution is -2.24. The minimum atomic E-state index is 0.643. The summed E-state index contributed by atoms with van der Waals surface area (Å²) in [7, 11) is 0. The van der Waals surface area contributed by atoms with E-state index < -0.39 is 0 Å². The maximum Gasteiger partial charge on any atom is 0.117 e. The average Bonchev–Trinajstić information content (AvgIpc) is 2.81. The molecule has 1 saturated heterocycles. The summed E-state index contributed by atoms with van der Waals surface area (Å²) in [6.07, 6.45) is 2.46. The van der Waals surface area contributed by atoms with Crippen LogP contribution in [0.25, 0.3) is 10.9 Å². The molecule has 1 aromatic carbocycles. The van der Waals surface area contributed by atoms with Crippen molar-refractivity contribution in [1.82, 2.24) is 4.37 Å². The average molecular weight is 248 g/mol. The molecule has 1 N–H and O–H groups in total. The molecule has 0 radical (unpaired) electrons. The zero-order valence-electron chi connectivity index (χ0n) is 9.69. The SMILES string of the molecule is c1ccc2c(NCC3CCCOC3)snc2c1. The Hall–Kier alpha value is -1.13. The number of aromatic nitrogens is 1. The topological polar surface area (TPSA) is 34.1 Å². The third kappa shape index (κ3) is 2.42. The molecule has 1 aromatic heterocycles. The molecule has 0 amide bonds. The van der Waals surface area contributed by atoms with Crippen LogP contribution < -0.4 is 5.32 Å². The van der Waals surface area contributed by atoms with Crippen LogP contribution in [0.2, 0.25) is 0 Å². The van der Waals surface area contributed by atoms with Crippen LogP contribution in [-0.4, -0.2) is 24.1 Å². The van der Waals surface area contributed by atoms with Crippen molar-refractivity contribution < 1.29 is 4.74 Å². The van der Waals surface area contributed by atoms with E-state index in [9.17, 15) is 0 Å². The van der Waals surface area contributed by atoms with Gasteiger partial charge in [0.15, 0.2) is 0 Å². The summed E-state index contributed by atoms with van der Waals surface area (Å²) in [6, 6.07) is 8.27. The Morgan fingerprint density at radius 2 is 2.35 bits per heavy atom. The van der Waals surface area contributed by atoms with E-state index in [1.807, 2.05) is 6.07 Å². The number of anilines is 1. The maximum atomic E-state index is 5.49. The number of hydrogen-bond donors (Lipinski definition) is 1. The fourth-order valence-corrected chi connectivity index (χ4v) is 2.99. The lowest BCUT2D eigenvalue weighted by molar-refractivity contribution is 0.0595. The van der Waals surface area contributed by atoms with Crippen molar-refractivity contribution in [3.8, 4) is 0 Å². The molecule has 2 heterocycles. The van der Waals surface area contributed by atoms with Gasteiger partial charge in [-0.3, -0.25) is 0 Å². The van der Waals surface area contributed by atoms with Crippen LogP contribution in [0.15, 0.2) is 24.3 Å². The van der Waals surface area contributed by atoms with Crippen molar-refractivity contribution in [2.24, 2.45) is 5.92 Å². The van der Waals surface area contributed by atoms with Crippen molar-refractivity contribution in [2.45, 2.75) is 12.8 Å². The summed E-state index contributed by atoms with van der Waals surface area (Å²) in [5.74, 6) is 0.643. The summed E-state index contributed by atoms with van der Waals surface area (Å²) in [4.78, 5) is 0. The molecule has 0 bridgehead atoms. The van der Waals surface area contributed by atoms with Gasteiger partial charge in [0.05, 0.1) is 12.1 Å². The molecule has 1 atom stereocenters. The van der Waals surface area contributed by atoms with Gasteiger partial charge in [-0.1, -0.05) is 12.1 Å². The first-order chi connectivity index (χ1) is 8.43. The predicted octanol–water partition coefficient (Wildman–Crippen LogP) is 3.13. The Bertz CT molecular complexity index is 491. The Morgan fingerprint density at radius 3 is 3.24 bits per heavy atom. The quantitative estimate of drug-likeness (QED) is 0.906. The smallest absolute Gasteiger partial charge is 0.117 e. The second kappa shape index (κ2) is 5.02. The van der Waals surface area contributed by atoms with E-state index in [2.05, 4.69) is 27.9 Å². The van der Waals surface area contributed by atoms with Crippen LogP contribution in [0.5, 0.6) is 0 Å². The fourth-order valence-electron chi connectivity index (χ4n) is 2.22. The van der Waals surface area contributed by atoms with Crippen LogP contribution in [-0.2, 0) is 4.74 Å². The van der Waals surface area contributed by atoms with Gasteiger partial charge in [-0.25, -0.2) is 0 Å². The zero-order chi connectivity index (χ0) is 11.5. The van der Waals surface area contributed by atoms with Gasteiger partial charge in [0.2, 0.25) is 0 Å². The molecule has 90 valence electrons. The van der Waals surface area contributed by atoms with Crippen molar-refractivity contribution in [3.63, 3.8) is 0 Å². The third-order valence-electron chi connectivity index (χ3n) is 3.19. The van der Waals surface area contributed by atoms with Gasteiger partial charge >= 0.3 is 0 Å². The lowest BCUT2D eigenvalue weighted by atomic mass is 10.0. The highest BCUT2D eigenvalue weighted by molar-refractivity contribution is 7.11. The van der Waals surface area contributed by atoms with E-state index in [4.69, 9.17) is 4.74 Å². The van der Waals surface area contributed by atoms with Crippen molar-refractivity contribution in [2.75, 3.05) is 25.1 Å². The van der Waals surface area contributed by atoms with E-state index in [1.54, 1.807) is 11.5 Å². The normalized spacial score (nSPS) is 20.6. The standard InChI is InChI=1S/C13H16N2OS/c1-2-6-12-11(5-1)13(17-15-12)14-8-10-4-3-7-16-9-10/h1-2,5-6,10,14H,3-4,7-9H2. The van der Waals surface area contributed by atoms with Crippen molar-refractivity contribution in [1.29, 1.82) is 0 Å². The van der Waals surface area contributed by atoms with Gasteiger partial charge in [-0.15, -0.1) is 0 Å². The number of nitrogens with one attached hydrogen (secondary N) is 1. The molecule has 0 aliphatic carbocycles. The molecule has 4 heteroatoms. The first-order valence-corrected chi connectivity index (χ1v) is 6.87.